The minimum absolute atomic E-state index is 0.0118. The molecule has 2 N–H and O–H groups in total. The molecule has 0 unspecified atom stereocenters. The number of ether oxygens (including phenoxy) is 2. The van der Waals surface area contributed by atoms with Gasteiger partial charge in [0.2, 0.25) is 0 Å². The minimum atomic E-state index is -0.182. The van der Waals surface area contributed by atoms with E-state index in [1.54, 1.807) is 9.80 Å². The largest absolute Gasteiger partial charge is 0.446 e. The molecule has 148 valence electrons. The van der Waals surface area contributed by atoms with Crippen LogP contribution in [0.5, 0.6) is 0 Å². The van der Waals surface area contributed by atoms with E-state index in [1.807, 2.05) is 0 Å². The maximum atomic E-state index is 12.2. The molecule has 0 spiro atoms. The summed E-state index contributed by atoms with van der Waals surface area (Å²) in [5.74, 6) is 0. The van der Waals surface area contributed by atoms with Crippen LogP contribution in [0.2, 0.25) is 0 Å². The number of hydrogen-bond acceptors (Lipinski definition) is 6. The van der Waals surface area contributed by atoms with Gasteiger partial charge in [0.05, 0.1) is 0 Å². The normalized spacial score (nSPS) is 28.0. The summed E-state index contributed by atoms with van der Waals surface area (Å²) >= 11 is 0. The average molecular weight is 368 g/mol. The van der Waals surface area contributed by atoms with Gasteiger partial charge in [-0.25, -0.2) is 9.59 Å². The molecule has 2 amide bonds. The van der Waals surface area contributed by atoms with E-state index in [9.17, 15) is 9.59 Å². The van der Waals surface area contributed by atoms with Gasteiger partial charge in [0.1, 0.15) is 12.2 Å². The Balaban J connectivity index is 1.37. The molecule has 0 aromatic heterocycles. The van der Waals surface area contributed by atoms with Gasteiger partial charge in [-0.05, 0) is 38.5 Å². The SMILES string of the molecule is O=C(O[C@H]1CCC[C@@H](OC(=O)N2CCNCC2)CCC1)N1CCNCC1. The van der Waals surface area contributed by atoms with Gasteiger partial charge in [-0.2, -0.15) is 0 Å². The van der Waals surface area contributed by atoms with Crippen molar-refractivity contribution in [1.82, 2.24) is 20.4 Å². The lowest BCUT2D eigenvalue weighted by Gasteiger charge is -2.31. The summed E-state index contributed by atoms with van der Waals surface area (Å²) in [5.41, 5.74) is 0. The van der Waals surface area contributed by atoms with Gasteiger partial charge in [-0.3, -0.25) is 0 Å². The van der Waals surface area contributed by atoms with Crippen LogP contribution in [0, 0.1) is 0 Å². The Morgan fingerprint density at radius 2 is 1.00 bits per heavy atom. The van der Waals surface area contributed by atoms with Gasteiger partial charge in [0, 0.05) is 52.4 Å². The van der Waals surface area contributed by atoms with Crippen LogP contribution in [0.4, 0.5) is 9.59 Å². The number of piperazine rings is 2. The number of nitrogens with zero attached hydrogens (tertiary/aromatic N) is 2. The highest BCUT2D eigenvalue weighted by molar-refractivity contribution is 5.68. The molecule has 2 aliphatic heterocycles. The quantitative estimate of drug-likeness (QED) is 0.761. The van der Waals surface area contributed by atoms with Crippen LogP contribution < -0.4 is 10.6 Å². The van der Waals surface area contributed by atoms with Gasteiger partial charge in [-0.15, -0.1) is 0 Å². The summed E-state index contributed by atoms with van der Waals surface area (Å²) in [6, 6.07) is 0. The van der Waals surface area contributed by atoms with Gasteiger partial charge in [0.25, 0.3) is 0 Å². The standard InChI is InChI=1S/C18H32N4O4/c23-17(21-11-7-19-8-12-21)25-15-3-1-4-16(6-2-5-15)26-18(24)22-13-9-20-10-14-22/h15-16,19-20H,1-14H2/t15-,16+. The first-order valence-electron chi connectivity index (χ1n) is 10.0. The Labute approximate surface area is 155 Å². The van der Waals surface area contributed by atoms with Crippen molar-refractivity contribution in [2.45, 2.75) is 50.7 Å². The lowest BCUT2D eigenvalue weighted by Crippen LogP contribution is -2.47. The van der Waals surface area contributed by atoms with Crippen LogP contribution in [-0.4, -0.2) is 86.6 Å². The average Bonchev–Trinajstić information content (AvgIpc) is 2.66. The Bertz CT molecular complexity index is 414. The molecule has 0 radical (unpaired) electrons. The van der Waals surface area contributed by atoms with Crippen molar-refractivity contribution in [1.29, 1.82) is 0 Å². The third-order valence-electron chi connectivity index (χ3n) is 5.39. The summed E-state index contributed by atoms with van der Waals surface area (Å²) < 4.78 is 11.4. The maximum absolute atomic E-state index is 12.2. The molecule has 0 bridgehead atoms. The predicted molar refractivity (Wildman–Crippen MR) is 97.1 cm³/mol. The number of carbonyl (C=O) groups excluding carboxylic acids is 2. The molecule has 2 heterocycles. The van der Waals surface area contributed by atoms with Crippen LogP contribution in [0.25, 0.3) is 0 Å². The van der Waals surface area contributed by atoms with Crippen molar-refractivity contribution in [2.75, 3.05) is 52.4 Å². The van der Waals surface area contributed by atoms with E-state index in [2.05, 4.69) is 10.6 Å². The molecule has 2 saturated heterocycles. The van der Waals surface area contributed by atoms with Crippen molar-refractivity contribution >= 4 is 12.2 Å². The molecule has 1 aliphatic carbocycles. The number of nitrogens with one attached hydrogen (secondary N) is 2. The zero-order valence-electron chi connectivity index (χ0n) is 15.6. The molecular formula is C18H32N4O4. The topological polar surface area (TPSA) is 83.1 Å². The van der Waals surface area contributed by atoms with Crippen molar-refractivity contribution < 1.29 is 19.1 Å². The fourth-order valence-corrected chi connectivity index (χ4v) is 3.80. The van der Waals surface area contributed by atoms with Crippen LogP contribution >= 0.6 is 0 Å². The van der Waals surface area contributed by atoms with Gasteiger partial charge in [-0.1, -0.05) is 0 Å². The summed E-state index contributed by atoms with van der Waals surface area (Å²) in [5, 5.41) is 6.48. The first-order chi connectivity index (χ1) is 12.7. The van der Waals surface area contributed by atoms with E-state index in [1.165, 1.54) is 0 Å². The molecule has 8 heteroatoms. The second-order valence-corrected chi connectivity index (χ2v) is 7.35. The second kappa shape index (κ2) is 9.97. The zero-order chi connectivity index (χ0) is 18.2. The fourth-order valence-electron chi connectivity index (χ4n) is 3.80. The van der Waals surface area contributed by atoms with Crippen LogP contribution in [-0.2, 0) is 9.47 Å². The smallest absolute Gasteiger partial charge is 0.410 e. The summed E-state index contributed by atoms with van der Waals surface area (Å²) in [6.07, 6.45) is 4.83. The van der Waals surface area contributed by atoms with E-state index >= 15 is 0 Å². The Morgan fingerprint density at radius 1 is 0.654 bits per heavy atom. The molecule has 3 rings (SSSR count). The number of amides is 2. The fraction of sp³-hybridized carbons (Fsp3) is 0.889. The Morgan fingerprint density at radius 3 is 1.35 bits per heavy atom. The lowest BCUT2D eigenvalue weighted by molar-refractivity contribution is 0.0254. The summed E-state index contributed by atoms with van der Waals surface area (Å²) in [7, 11) is 0. The molecule has 0 atom stereocenters. The third-order valence-corrected chi connectivity index (χ3v) is 5.39. The molecule has 3 fully saturated rings. The summed E-state index contributed by atoms with van der Waals surface area (Å²) in [4.78, 5) is 28.1. The van der Waals surface area contributed by atoms with E-state index in [4.69, 9.17) is 9.47 Å². The van der Waals surface area contributed by atoms with Gasteiger partial charge < -0.3 is 29.9 Å². The van der Waals surface area contributed by atoms with E-state index < -0.39 is 0 Å². The molecule has 1 saturated carbocycles. The molecule has 0 aromatic rings. The highest BCUT2D eigenvalue weighted by atomic mass is 16.6. The van der Waals surface area contributed by atoms with Crippen molar-refractivity contribution in [3.05, 3.63) is 0 Å². The Hall–Kier alpha value is -1.54. The van der Waals surface area contributed by atoms with Crippen LogP contribution in [0.1, 0.15) is 38.5 Å². The molecule has 26 heavy (non-hydrogen) atoms. The van der Waals surface area contributed by atoms with Crippen molar-refractivity contribution in [3.63, 3.8) is 0 Å². The van der Waals surface area contributed by atoms with Crippen LogP contribution in [0.3, 0.4) is 0 Å². The van der Waals surface area contributed by atoms with Gasteiger partial charge in [0.15, 0.2) is 0 Å². The Kier molecular flexibility index (Phi) is 7.37. The zero-order valence-corrected chi connectivity index (χ0v) is 15.6. The number of rotatable bonds is 2. The minimum Gasteiger partial charge on any atom is -0.446 e. The monoisotopic (exact) mass is 368 g/mol. The molecule has 0 aromatic carbocycles. The van der Waals surface area contributed by atoms with E-state index in [-0.39, 0.29) is 24.4 Å². The number of hydrogen-bond donors (Lipinski definition) is 2. The predicted octanol–water partition coefficient (Wildman–Crippen LogP) is 1.16. The maximum Gasteiger partial charge on any atom is 0.410 e. The first-order valence-corrected chi connectivity index (χ1v) is 10.0. The third kappa shape index (κ3) is 5.74. The second-order valence-electron chi connectivity index (χ2n) is 7.35. The summed E-state index contributed by atoms with van der Waals surface area (Å²) in [6.45, 7) is 6.20. The highest BCUT2D eigenvalue weighted by Gasteiger charge is 2.26. The lowest BCUT2D eigenvalue weighted by atomic mass is 9.96. The van der Waals surface area contributed by atoms with Crippen molar-refractivity contribution in [3.8, 4) is 0 Å². The van der Waals surface area contributed by atoms with E-state index in [0.29, 0.717) is 0 Å². The van der Waals surface area contributed by atoms with E-state index in [0.717, 1.165) is 90.9 Å². The molecular weight excluding hydrogens is 336 g/mol. The van der Waals surface area contributed by atoms with Gasteiger partial charge >= 0.3 is 12.2 Å². The molecule has 8 nitrogen and oxygen atoms in total. The number of carbonyl (C=O) groups is 2. The highest BCUT2D eigenvalue weighted by Crippen LogP contribution is 2.23. The first kappa shape index (κ1) is 19.2. The van der Waals surface area contributed by atoms with Crippen molar-refractivity contribution in [2.24, 2.45) is 0 Å². The molecule has 3 aliphatic rings. The van der Waals surface area contributed by atoms with Crippen LogP contribution in [0.15, 0.2) is 0 Å².